The largest absolute Gasteiger partial charge is 0.343 e. The first kappa shape index (κ1) is 10.4. The van der Waals surface area contributed by atoms with Crippen molar-refractivity contribution >= 4 is 5.91 Å². The van der Waals surface area contributed by atoms with Gasteiger partial charge in [-0.05, 0) is 7.05 Å². The molecule has 3 nitrogen and oxygen atoms in total. The maximum Gasteiger partial charge on any atom is 0.236 e. The Morgan fingerprint density at radius 1 is 1.18 bits per heavy atom. The summed E-state index contributed by atoms with van der Waals surface area (Å²) in [5.74, 6) is 0.226. The van der Waals surface area contributed by atoms with E-state index in [-0.39, 0.29) is 5.91 Å². The van der Waals surface area contributed by atoms with Crippen LogP contribution in [-0.4, -0.2) is 49.4 Å². The molecule has 0 aliphatic carbocycles. The Morgan fingerprint density at radius 2 is 1.73 bits per heavy atom. The van der Waals surface area contributed by atoms with Crippen molar-refractivity contribution in [3.05, 3.63) is 0 Å². The maximum atomic E-state index is 10.9. The molecule has 1 heterocycles. The van der Waals surface area contributed by atoms with Crippen molar-refractivity contribution in [2.24, 2.45) is 0 Å². The van der Waals surface area contributed by atoms with Gasteiger partial charge in [-0.25, -0.2) is 0 Å². The number of hydrogen-bond donors (Lipinski definition) is 0. The fourth-order valence-corrected chi connectivity index (χ4v) is 0.876. The first-order valence-electron chi connectivity index (χ1n) is 4.12. The van der Waals surface area contributed by atoms with E-state index in [1.54, 1.807) is 4.90 Å². The second kappa shape index (κ2) is 5.13. The van der Waals surface area contributed by atoms with Gasteiger partial charge in [-0.3, -0.25) is 9.69 Å². The van der Waals surface area contributed by atoms with E-state index in [1.165, 1.54) is 0 Å². The SMILES string of the molecule is CC.CN1CCN(C)C(=O)C1. The van der Waals surface area contributed by atoms with E-state index in [9.17, 15) is 4.79 Å². The van der Waals surface area contributed by atoms with Crippen LogP contribution in [0.1, 0.15) is 13.8 Å². The van der Waals surface area contributed by atoms with Crippen LogP contribution < -0.4 is 0 Å². The van der Waals surface area contributed by atoms with E-state index in [1.807, 2.05) is 32.8 Å². The Bertz CT molecular complexity index is 125. The average molecular weight is 158 g/mol. The molecule has 1 fully saturated rings. The highest BCUT2D eigenvalue weighted by Crippen LogP contribution is 1.95. The lowest BCUT2D eigenvalue weighted by Gasteiger charge is -2.28. The van der Waals surface area contributed by atoms with Gasteiger partial charge in [0, 0.05) is 20.1 Å². The van der Waals surface area contributed by atoms with E-state index in [0.717, 1.165) is 13.1 Å². The molecule has 0 unspecified atom stereocenters. The predicted molar refractivity (Wildman–Crippen MR) is 46.5 cm³/mol. The molecule has 0 aromatic heterocycles. The molecule has 0 radical (unpaired) electrons. The molecule has 0 spiro atoms. The zero-order chi connectivity index (χ0) is 8.85. The number of piperazine rings is 1. The maximum absolute atomic E-state index is 10.9. The highest BCUT2D eigenvalue weighted by atomic mass is 16.2. The quantitative estimate of drug-likeness (QED) is 0.510. The fraction of sp³-hybridized carbons (Fsp3) is 0.875. The summed E-state index contributed by atoms with van der Waals surface area (Å²) in [6.07, 6.45) is 0. The Balaban J connectivity index is 0.000000461. The van der Waals surface area contributed by atoms with Crippen molar-refractivity contribution in [2.45, 2.75) is 13.8 Å². The minimum atomic E-state index is 0.226. The lowest BCUT2D eigenvalue weighted by atomic mass is 10.3. The fourth-order valence-electron chi connectivity index (χ4n) is 0.876. The standard InChI is InChI=1S/C6H12N2O.C2H6/c1-7-3-4-8(2)6(9)5-7;1-2/h3-5H2,1-2H3;1-2H3. The van der Waals surface area contributed by atoms with Gasteiger partial charge in [-0.2, -0.15) is 0 Å². The normalized spacial score (nSPS) is 19.3. The van der Waals surface area contributed by atoms with Crippen molar-refractivity contribution in [1.29, 1.82) is 0 Å². The minimum absolute atomic E-state index is 0.226. The average Bonchev–Trinajstić information content (AvgIpc) is 2.02. The molecular weight excluding hydrogens is 140 g/mol. The van der Waals surface area contributed by atoms with Gasteiger partial charge in [0.1, 0.15) is 0 Å². The van der Waals surface area contributed by atoms with Crippen molar-refractivity contribution in [3.63, 3.8) is 0 Å². The summed E-state index contributed by atoms with van der Waals surface area (Å²) in [6, 6.07) is 0. The van der Waals surface area contributed by atoms with Crippen LogP contribution in [0.3, 0.4) is 0 Å². The third-order valence-corrected chi connectivity index (χ3v) is 1.65. The third-order valence-electron chi connectivity index (χ3n) is 1.65. The number of carbonyl (C=O) groups excluding carboxylic acids is 1. The molecule has 1 amide bonds. The van der Waals surface area contributed by atoms with Gasteiger partial charge in [-0.1, -0.05) is 13.8 Å². The summed E-state index contributed by atoms with van der Waals surface area (Å²) in [6.45, 7) is 6.45. The van der Waals surface area contributed by atoms with Gasteiger partial charge < -0.3 is 4.90 Å². The zero-order valence-electron chi connectivity index (χ0n) is 7.92. The monoisotopic (exact) mass is 158 g/mol. The molecule has 0 atom stereocenters. The summed E-state index contributed by atoms with van der Waals surface area (Å²) < 4.78 is 0. The number of amides is 1. The molecular formula is C8H18N2O. The molecule has 1 saturated heterocycles. The number of hydrogen-bond acceptors (Lipinski definition) is 2. The highest BCUT2D eigenvalue weighted by molar-refractivity contribution is 5.78. The molecule has 1 rings (SSSR count). The minimum Gasteiger partial charge on any atom is -0.343 e. The van der Waals surface area contributed by atoms with Gasteiger partial charge in [0.25, 0.3) is 0 Å². The molecule has 0 aromatic carbocycles. The van der Waals surface area contributed by atoms with Gasteiger partial charge in [0.2, 0.25) is 5.91 Å². The van der Waals surface area contributed by atoms with Gasteiger partial charge >= 0.3 is 0 Å². The number of likely N-dealkylation sites (N-methyl/N-ethyl adjacent to an activating group) is 2. The van der Waals surface area contributed by atoms with Crippen molar-refractivity contribution < 1.29 is 4.79 Å². The summed E-state index contributed by atoms with van der Waals surface area (Å²) in [5, 5.41) is 0. The van der Waals surface area contributed by atoms with E-state index in [4.69, 9.17) is 0 Å². The number of rotatable bonds is 0. The van der Waals surface area contributed by atoms with E-state index < -0.39 is 0 Å². The van der Waals surface area contributed by atoms with Crippen LogP contribution in [0.15, 0.2) is 0 Å². The zero-order valence-corrected chi connectivity index (χ0v) is 7.92. The summed E-state index contributed by atoms with van der Waals surface area (Å²) in [4.78, 5) is 14.7. The van der Waals surface area contributed by atoms with Crippen molar-refractivity contribution in [1.82, 2.24) is 9.80 Å². The molecule has 1 aliphatic rings. The molecule has 0 N–H and O–H groups in total. The Hall–Kier alpha value is -0.570. The number of carbonyl (C=O) groups is 1. The highest BCUT2D eigenvalue weighted by Gasteiger charge is 2.16. The second-order valence-electron chi connectivity index (χ2n) is 2.55. The summed E-state index contributed by atoms with van der Waals surface area (Å²) in [5.41, 5.74) is 0. The van der Waals surface area contributed by atoms with Gasteiger partial charge in [0.05, 0.1) is 6.54 Å². The van der Waals surface area contributed by atoms with Crippen molar-refractivity contribution in [2.75, 3.05) is 33.7 Å². The van der Waals surface area contributed by atoms with Crippen LogP contribution >= 0.6 is 0 Å². The smallest absolute Gasteiger partial charge is 0.236 e. The molecule has 3 heteroatoms. The molecule has 11 heavy (non-hydrogen) atoms. The topological polar surface area (TPSA) is 23.6 Å². The van der Waals surface area contributed by atoms with E-state index in [0.29, 0.717) is 6.54 Å². The molecule has 1 aliphatic heterocycles. The second-order valence-corrected chi connectivity index (χ2v) is 2.55. The summed E-state index contributed by atoms with van der Waals surface area (Å²) >= 11 is 0. The summed E-state index contributed by atoms with van der Waals surface area (Å²) in [7, 11) is 3.81. The predicted octanol–water partition coefficient (Wildman–Crippen LogP) is 0.416. The Kier molecular flexibility index (Phi) is 4.86. The van der Waals surface area contributed by atoms with Crippen molar-refractivity contribution in [3.8, 4) is 0 Å². The van der Waals surface area contributed by atoms with Crippen LogP contribution in [0.2, 0.25) is 0 Å². The Morgan fingerprint density at radius 3 is 2.09 bits per heavy atom. The van der Waals surface area contributed by atoms with Crippen LogP contribution in [0.4, 0.5) is 0 Å². The first-order chi connectivity index (χ1) is 5.20. The number of nitrogens with zero attached hydrogens (tertiary/aromatic N) is 2. The third kappa shape index (κ3) is 3.37. The molecule has 66 valence electrons. The van der Waals surface area contributed by atoms with Crippen LogP contribution in [0, 0.1) is 0 Å². The van der Waals surface area contributed by atoms with Crippen LogP contribution in [0.25, 0.3) is 0 Å². The molecule has 0 aromatic rings. The molecule has 0 saturated carbocycles. The lowest BCUT2D eigenvalue weighted by molar-refractivity contribution is -0.133. The Labute approximate surface area is 69.0 Å². The van der Waals surface area contributed by atoms with E-state index >= 15 is 0 Å². The van der Waals surface area contributed by atoms with E-state index in [2.05, 4.69) is 0 Å². The molecule has 0 bridgehead atoms. The van der Waals surface area contributed by atoms with Crippen LogP contribution in [0.5, 0.6) is 0 Å². The van der Waals surface area contributed by atoms with Gasteiger partial charge in [0.15, 0.2) is 0 Å². The van der Waals surface area contributed by atoms with Gasteiger partial charge in [-0.15, -0.1) is 0 Å². The first-order valence-corrected chi connectivity index (χ1v) is 4.12. The lowest BCUT2D eigenvalue weighted by Crippen LogP contribution is -2.46. The van der Waals surface area contributed by atoms with Crippen LogP contribution in [-0.2, 0) is 4.79 Å².